The second-order valence-electron chi connectivity index (χ2n) is 5.19. The van der Waals surface area contributed by atoms with Crippen LogP contribution in [0.2, 0.25) is 0 Å². The van der Waals surface area contributed by atoms with E-state index in [1.165, 1.54) is 18.8 Å². The summed E-state index contributed by atoms with van der Waals surface area (Å²) in [5.74, 6) is 1.24. The Balaban J connectivity index is 1.89. The maximum Gasteiger partial charge on any atom is 0.0501 e. The lowest BCUT2D eigenvalue weighted by molar-refractivity contribution is -0.0336. The molecule has 94 valence electrons. The number of aliphatic hydroxyl groups is 1. The van der Waals surface area contributed by atoms with E-state index in [4.69, 9.17) is 4.74 Å². The van der Waals surface area contributed by atoms with E-state index in [1.54, 1.807) is 0 Å². The van der Waals surface area contributed by atoms with E-state index in [1.807, 2.05) is 0 Å². The topological polar surface area (TPSA) is 32.7 Å². The highest BCUT2D eigenvalue weighted by atomic mass is 32.2. The highest BCUT2D eigenvalue weighted by molar-refractivity contribution is 7.99. The smallest absolute Gasteiger partial charge is 0.0501 e. The lowest BCUT2D eigenvalue weighted by Crippen LogP contribution is -2.47. The third-order valence-corrected chi connectivity index (χ3v) is 4.91. The van der Waals surface area contributed by atoms with Crippen molar-refractivity contribution in [1.82, 2.24) is 4.90 Å². The first kappa shape index (κ1) is 12.7. The number of hydrogen-bond donors (Lipinski definition) is 1. The minimum absolute atomic E-state index is 0.111. The highest BCUT2D eigenvalue weighted by Crippen LogP contribution is 2.32. The van der Waals surface area contributed by atoms with Gasteiger partial charge in [0, 0.05) is 49.3 Å². The van der Waals surface area contributed by atoms with Crippen molar-refractivity contribution in [1.29, 1.82) is 0 Å². The van der Waals surface area contributed by atoms with Gasteiger partial charge in [0.25, 0.3) is 0 Å². The van der Waals surface area contributed by atoms with Gasteiger partial charge >= 0.3 is 0 Å². The summed E-state index contributed by atoms with van der Waals surface area (Å²) in [7, 11) is 0. The van der Waals surface area contributed by atoms with Crippen LogP contribution < -0.4 is 0 Å². The zero-order valence-electron chi connectivity index (χ0n) is 10.2. The Bertz CT molecular complexity index is 219. The van der Waals surface area contributed by atoms with Crippen LogP contribution in [-0.2, 0) is 4.74 Å². The van der Waals surface area contributed by atoms with Gasteiger partial charge in [0.2, 0.25) is 0 Å². The second-order valence-corrected chi connectivity index (χ2v) is 6.73. The Morgan fingerprint density at radius 3 is 2.81 bits per heavy atom. The van der Waals surface area contributed by atoms with Crippen molar-refractivity contribution in [3.8, 4) is 0 Å². The first-order chi connectivity index (χ1) is 7.74. The summed E-state index contributed by atoms with van der Waals surface area (Å²) in [5.41, 5.74) is 0.111. The van der Waals surface area contributed by atoms with Crippen LogP contribution in [0, 0.1) is 5.41 Å². The molecule has 0 aliphatic carbocycles. The number of nitrogens with zero attached hydrogens (tertiary/aromatic N) is 1. The van der Waals surface area contributed by atoms with Crippen molar-refractivity contribution in [2.24, 2.45) is 5.41 Å². The van der Waals surface area contributed by atoms with Crippen molar-refractivity contribution in [2.75, 3.05) is 45.2 Å². The SMILES string of the molecule is CC1CN(CC2(CO)CCOCC2)CCS1. The third-order valence-electron chi connectivity index (χ3n) is 3.77. The molecule has 0 aromatic heterocycles. The Morgan fingerprint density at radius 1 is 1.44 bits per heavy atom. The van der Waals surface area contributed by atoms with Gasteiger partial charge in [-0.15, -0.1) is 0 Å². The van der Waals surface area contributed by atoms with Gasteiger partial charge in [0.15, 0.2) is 0 Å². The molecule has 0 bridgehead atoms. The molecule has 1 unspecified atom stereocenters. The molecule has 2 saturated heterocycles. The molecule has 16 heavy (non-hydrogen) atoms. The summed E-state index contributed by atoms with van der Waals surface area (Å²) in [6.07, 6.45) is 2.03. The van der Waals surface area contributed by atoms with Crippen LogP contribution in [0.1, 0.15) is 19.8 Å². The summed E-state index contributed by atoms with van der Waals surface area (Å²) in [6, 6.07) is 0. The van der Waals surface area contributed by atoms with E-state index in [0.29, 0.717) is 6.61 Å². The number of ether oxygens (including phenoxy) is 1. The van der Waals surface area contributed by atoms with Crippen molar-refractivity contribution in [3.63, 3.8) is 0 Å². The van der Waals surface area contributed by atoms with Crippen LogP contribution in [-0.4, -0.2) is 60.5 Å². The molecular formula is C12H23NO2S. The monoisotopic (exact) mass is 245 g/mol. The van der Waals surface area contributed by atoms with Crippen LogP contribution in [0.5, 0.6) is 0 Å². The minimum atomic E-state index is 0.111. The lowest BCUT2D eigenvalue weighted by atomic mass is 9.80. The lowest BCUT2D eigenvalue weighted by Gasteiger charge is -2.41. The first-order valence-electron chi connectivity index (χ1n) is 6.27. The molecule has 2 heterocycles. The fraction of sp³-hybridized carbons (Fsp3) is 1.00. The molecule has 0 radical (unpaired) electrons. The minimum Gasteiger partial charge on any atom is -0.396 e. The molecule has 3 nitrogen and oxygen atoms in total. The maximum atomic E-state index is 9.65. The molecule has 0 saturated carbocycles. The van der Waals surface area contributed by atoms with Gasteiger partial charge in [-0.3, -0.25) is 0 Å². The number of thioether (sulfide) groups is 1. The number of rotatable bonds is 3. The van der Waals surface area contributed by atoms with Gasteiger partial charge in [-0.25, -0.2) is 0 Å². The van der Waals surface area contributed by atoms with Crippen molar-refractivity contribution in [2.45, 2.75) is 25.0 Å². The van der Waals surface area contributed by atoms with Crippen LogP contribution in [0.25, 0.3) is 0 Å². The highest BCUT2D eigenvalue weighted by Gasteiger charge is 2.34. The first-order valence-corrected chi connectivity index (χ1v) is 7.32. The standard InChI is InChI=1S/C12H23NO2S/c1-11-8-13(4-7-16-11)9-12(10-14)2-5-15-6-3-12/h11,14H,2-10H2,1H3. The maximum absolute atomic E-state index is 9.65. The molecule has 0 amide bonds. The molecule has 0 aromatic rings. The van der Waals surface area contributed by atoms with E-state index in [-0.39, 0.29) is 5.41 Å². The molecule has 0 spiro atoms. The van der Waals surface area contributed by atoms with Gasteiger partial charge < -0.3 is 14.7 Å². The zero-order chi connectivity index (χ0) is 11.4. The molecule has 2 aliphatic rings. The summed E-state index contributed by atoms with van der Waals surface area (Å²) < 4.78 is 5.40. The van der Waals surface area contributed by atoms with Gasteiger partial charge in [0.05, 0.1) is 6.61 Å². The van der Waals surface area contributed by atoms with Crippen LogP contribution >= 0.6 is 11.8 Å². The van der Waals surface area contributed by atoms with E-state index in [2.05, 4.69) is 23.6 Å². The average Bonchev–Trinajstić information content (AvgIpc) is 2.30. The zero-order valence-corrected chi connectivity index (χ0v) is 11.0. The molecular weight excluding hydrogens is 222 g/mol. The fourth-order valence-electron chi connectivity index (χ4n) is 2.68. The summed E-state index contributed by atoms with van der Waals surface area (Å²) in [5, 5.41) is 10.4. The van der Waals surface area contributed by atoms with Crippen molar-refractivity contribution >= 4 is 11.8 Å². The quantitative estimate of drug-likeness (QED) is 0.810. The van der Waals surface area contributed by atoms with Crippen molar-refractivity contribution in [3.05, 3.63) is 0 Å². The predicted molar refractivity (Wildman–Crippen MR) is 67.9 cm³/mol. The molecule has 0 aromatic carbocycles. The van der Waals surface area contributed by atoms with Gasteiger partial charge in [-0.1, -0.05) is 6.92 Å². The van der Waals surface area contributed by atoms with Crippen molar-refractivity contribution < 1.29 is 9.84 Å². The van der Waals surface area contributed by atoms with Crippen LogP contribution in [0.3, 0.4) is 0 Å². The Hall–Kier alpha value is 0.230. The normalized spacial score (nSPS) is 31.5. The van der Waals surface area contributed by atoms with Gasteiger partial charge in [-0.2, -0.15) is 11.8 Å². The Morgan fingerprint density at radius 2 is 2.19 bits per heavy atom. The van der Waals surface area contributed by atoms with E-state index in [0.717, 1.165) is 37.9 Å². The van der Waals surface area contributed by atoms with E-state index in [9.17, 15) is 5.11 Å². The molecule has 1 atom stereocenters. The average molecular weight is 245 g/mol. The summed E-state index contributed by atoms with van der Waals surface area (Å²) in [6.45, 7) is 7.65. The Labute approximate surface area is 103 Å². The number of aliphatic hydroxyl groups excluding tert-OH is 1. The van der Waals surface area contributed by atoms with Gasteiger partial charge in [-0.05, 0) is 12.8 Å². The number of hydrogen-bond acceptors (Lipinski definition) is 4. The van der Waals surface area contributed by atoms with Crippen LogP contribution in [0.4, 0.5) is 0 Å². The second kappa shape index (κ2) is 5.71. The summed E-state index contributed by atoms with van der Waals surface area (Å²) in [4.78, 5) is 2.53. The molecule has 4 heteroatoms. The Kier molecular flexibility index (Phi) is 4.53. The molecule has 1 N–H and O–H groups in total. The molecule has 2 fully saturated rings. The predicted octanol–water partition coefficient (Wildman–Crippen LogP) is 1.21. The van der Waals surface area contributed by atoms with Crippen LogP contribution in [0.15, 0.2) is 0 Å². The largest absolute Gasteiger partial charge is 0.396 e. The van der Waals surface area contributed by atoms with E-state index >= 15 is 0 Å². The molecule has 2 rings (SSSR count). The van der Waals surface area contributed by atoms with Gasteiger partial charge in [0.1, 0.15) is 0 Å². The molecule has 2 aliphatic heterocycles. The van der Waals surface area contributed by atoms with E-state index < -0.39 is 0 Å². The summed E-state index contributed by atoms with van der Waals surface area (Å²) >= 11 is 2.06. The fourth-order valence-corrected chi connectivity index (χ4v) is 3.76. The third kappa shape index (κ3) is 3.13.